The molecule has 2 aromatic carbocycles. The molecule has 9 heteroatoms. The van der Waals surface area contributed by atoms with Gasteiger partial charge in [0.05, 0.1) is 23.1 Å². The Labute approximate surface area is 160 Å². The number of carbonyl (C=O) groups excluding carboxylic acids is 1. The predicted octanol–water partition coefficient (Wildman–Crippen LogP) is 3.30. The smallest absolute Gasteiger partial charge is 0.416 e. The van der Waals surface area contributed by atoms with Crippen molar-refractivity contribution in [1.29, 1.82) is 0 Å². The summed E-state index contributed by atoms with van der Waals surface area (Å²) in [4.78, 5) is 14.1. The number of hydrogen-bond donors (Lipinski definition) is 0. The maximum Gasteiger partial charge on any atom is 0.416 e. The lowest BCUT2D eigenvalue weighted by atomic mass is 10.2. The van der Waals surface area contributed by atoms with Crippen LogP contribution in [0.2, 0.25) is 0 Å². The summed E-state index contributed by atoms with van der Waals surface area (Å²) in [5.41, 5.74) is -0.360. The molecule has 0 aromatic heterocycles. The van der Waals surface area contributed by atoms with Crippen LogP contribution >= 0.6 is 0 Å². The molecule has 2 aromatic rings. The van der Waals surface area contributed by atoms with E-state index in [2.05, 4.69) is 0 Å². The molecule has 0 N–H and O–H groups in total. The molecule has 1 saturated heterocycles. The Morgan fingerprint density at radius 3 is 2.43 bits per heavy atom. The predicted molar refractivity (Wildman–Crippen MR) is 97.9 cm³/mol. The molecule has 0 spiro atoms. The van der Waals surface area contributed by atoms with Crippen molar-refractivity contribution in [3.05, 3.63) is 60.2 Å². The van der Waals surface area contributed by atoms with Gasteiger partial charge in [-0.05, 0) is 36.8 Å². The minimum Gasteiger partial charge on any atom is -0.484 e. The Morgan fingerprint density at radius 1 is 1.11 bits per heavy atom. The van der Waals surface area contributed by atoms with Crippen molar-refractivity contribution >= 4 is 21.4 Å². The van der Waals surface area contributed by atoms with E-state index < -0.39 is 40.1 Å². The van der Waals surface area contributed by atoms with Gasteiger partial charge in [-0.2, -0.15) is 13.2 Å². The van der Waals surface area contributed by atoms with E-state index in [0.717, 1.165) is 12.1 Å². The van der Waals surface area contributed by atoms with Crippen molar-refractivity contribution in [2.45, 2.75) is 18.6 Å². The number of sulfone groups is 1. The first-order chi connectivity index (χ1) is 13.2. The number of amides is 1. The number of alkyl halides is 3. The largest absolute Gasteiger partial charge is 0.484 e. The summed E-state index contributed by atoms with van der Waals surface area (Å²) in [6, 6.07) is 12.3. The van der Waals surface area contributed by atoms with E-state index >= 15 is 0 Å². The van der Waals surface area contributed by atoms with Gasteiger partial charge in [0.1, 0.15) is 5.75 Å². The molecule has 1 unspecified atom stereocenters. The van der Waals surface area contributed by atoms with E-state index in [9.17, 15) is 26.4 Å². The Hall–Kier alpha value is -2.55. The van der Waals surface area contributed by atoms with Crippen LogP contribution in [-0.2, 0) is 20.8 Å². The Kier molecular flexibility index (Phi) is 5.64. The molecule has 1 aliphatic rings. The number of carbonyl (C=O) groups is 1. The molecule has 150 valence electrons. The molecule has 1 atom stereocenters. The molecule has 3 rings (SSSR count). The zero-order chi connectivity index (χ0) is 20.4. The van der Waals surface area contributed by atoms with Crippen LogP contribution in [0.15, 0.2) is 54.6 Å². The fourth-order valence-electron chi connectivity index (χ4n) is 3.10. The number of halogens is 3. The molecule has 0 radical (unpaired) electrons. The summed E-state index contributed by atoms with van der Waals surface area (Å²) < 4.78 is 67.4. The Morgan fingerprint density at radius 2 is 1.82 bits per heavy atom. The number of ether oxygens (including phenoxy) is 1. The zero-order valence-corrected chi connectivity index (χ0v) is 15.5. The van der Waals surface area contributed by atoms with Crippen LogP contribution in [0.3, 0.4) is 0 Å². The van der Waals surface area contributed by atoms with Crippen LogP contribution in [0.1, 0.15) is 12.0 Å². The summed E-state index contributed by atoms with van der Waals surface area (Å²) in [5.74, 6) is -0.777. The van der Waals surface area contributed by atoms with Gasteiger partial charge >= 0.3 is 6.18 Å². The standard InChI is InChI=1S/C19H18F3NO4S/c20-19(21,22)14-5-4-8-17(11-14)27-12-18(24)23(15-6-2-1-3-7-15)16-9-10-28(25,26)13-16/h1-8,11,16H,9-10,12-13H2. The van der Waals surface area contributed by atoms with Gasteiger partial charge in [-0.1, -0.05) is 24.3 Å². The third-order valence-electron chi connectivity index (χ3n) is 4.40. The first-order valence-electron chi connectivity index (χ1n) is 8.53. The lowest BCUT2D eigenvalue weighted by Gasteiger charge is -2.28. The quantitative estimate of drug-likeness (QED) is 0.755. The van der Waals surface area contributed by atoms with Gasteiger partial charge in [0.25, 0.3) is 5.91 Å². The molecular formula is C19H18F3NO4S. The second-order valence-electron chi connectivity index (χ2n) is 6.47. The molecule has 5 nitrogen and oxygen atoms in total. The van der Waals surface area contributed by atoms with E-state index in [1.165, 1.54) is 17.0 Å². The van der Waals surface area contributed by atoms with Crippen molar-refractivity contribution in [2.24, 2.45) is 0 Å². The third kappa shape index (κ3) is 4.83. The maximum atomic E-state index is 12.8. The summed E-state index contributed by atoms with van der Waals surface area (Å²) >= 11 is 0. The van der Waals surface area contributed by atoms with Crippen LogP contribution in [-0.4, -0.2) is 38.5 Å². The second-order valence-corrected chi connectivity index (χ2v) is 8.70. The van der Waals surface area contributed by atoms with Gasteiger partial charge in [-0.15, -0.1) is 0 Å². The SMILES string of the molecule is O=C(COc1cccc(C(F)(F)F)c1)N(c1ccccc1)C1CCS(=O)(=O)C1. The van der Waals surface area contributed by atoms with E-state index in [1.807, 2.05) is 0 Å². The summed E-state index contributed by atoms with van der Waals surface area (Å²) in [6.45, 7) is -0.507. The zero-order valence-electron chi connectivity index (χ0n) is 14.7. The summed E-state index contributed by atoms with van der Waals surface area (Å²) in [7, 11) is -3.23. The highest BCUT2D eigenvalue weighted by Crippen LogP contribution is 2.31. The van der Waals surface area contributed by atoms with Gasteiger partial charge in [0, 0.05) is 5.69 Å². The average molecular weight is 413 g/mol. The Bertz CT molecular complexity index is 945. The van der Waals surface area contributed by atoms with Gasteiger partial charge in [0.15, 0.2) is 16.4 Å². The van der Waals surface area contributed by atoms with Crippen LogP contribution in [0.25, 0.3) is 0 Å². The van der Waals surface area contributed by atoms with Gasteiger partial charge in [-0.3, -0.25) is 4.79 Å². The molecule has 1 heterocycles. The Balaban J connectivity index is 1.77. The number of benzene rings is 2. The molecular weight excluding hydrogens is 395 g/mol. The molecule has 0 bridgehead atoms. The molecule has 1 fully saturated rings. The number of para-hydroxylation sites is 1. The van der Waals surface area contributed by atoms with Crippen LogP contribution < -0.4 is 9.64 Å². The van der Waals surface area contributed by atoms with Crippen LogP contribution in [0, 0.1) is 0 Å². The maximum absolute atomic E-state index is 12.8. The topological polar surface area (TPSA) is 63.7 Å². The third-order valence-corrected chi connectivity index (χ3v) is 6.15. The molecule has 1 amide bonds. The highest BCUT2D eigenvalue weighted by Gasteiger charge is 2.36. The van der Waals surface area contributed by atoms with Gasteiger partial charge in [-0.25, -0.2) is 8.42 Å². The average Bonchev–Trinajstić information content (AvgIpc) is 3.00. The van der Waals surface area contributed by atoms with Crippen LogP contribution in [0.4, 0.5) is 18.9 Å². The van der Waals surface area contributed by atoms with Crippen molar-refractivity contribution < 1.29 is 31.1 Å². The highest BCUT2D eigenvalue weighted by molar-refractivity contribution is 7.91. The van der Waals surface area contributed by atoms with Crippen LogP contribution in [0.5, 0.6) is 5.75 Å². The summed E-state index contributed by atoms with van der Waals surface area (Å²) in [6.07, 6.45) is -4.22. The van der Waals surface area contributed by atoms with E-state index in [1.54, 1.807) is 30.3 Å². The minimum atomic E-state index is -4.52. The fraction of sp³-hybridized carbons (Fsp3) is 0.316. The minimum absolute atomic E-state index is 0.0111. The lowest BCUT2D eigenvalue weighted by molar-refractivity contribution is -0.137. The normalized spacial score (nSPS) is 18.6. The molecule has 0 aliphatic carbocycles. The summed E-state index contributed by atoms with van der Waals surface area (Å²) in [5, 5.41) is 0. The fourth-order valence-corrected chi connectivity index (χ4v) is 4.80. The number of anilines is 1. The van der Waals surface area contributed by atoms with Crippen molar-refractivity contribution in [2.75, 3.05) is 23.0 Å². The molecule has 28 heavy (non-hydrogen) atoms. The van der Waals surface area contributed by atoms with E-state index in [-0.39, 0.29) is 17.3 Å². The number of nitrogens with zero attached hydrogens (tertiary/aromatic N) is 1. The van der Waals surface area contributed by atoms with Crippen molar-refractivity contribution in [1.82, 2.24) is 0 Å². The molecule has 1 aliphatic heterocycles. The number of hydrogen-bond acceptors (Lipinski definition) is 4. The molecule has 0 saturated carbocycles. The lowest BCUT2D eigenvalue weighted by Crippen LogP contribution is -2.43. The number of rotatable bonds is 5. The first-order valence-corrected chi connectivity index (χ1v) is 10.4. The van der Waals surface area contributed by atoms with Gasteiger partial charge in [0.2, 0.25) is 0 Å². The van der Waals surface area contributed by atoms with E-state index in [0.29, 0.717) is 12.1 Å². The van der Waals surface area contributed by atoms with E-state index in [4.69, 9.17) is 4.74 Å². The highest BCUT2D eigenvalue weighted by atomic mass is 32.2. The second kappa shape index (κ2) is 7.83. The van der Waals surface area contributed by atoms with Crippen molar-refractivity contribution in [3.8, 4) is 5.75 Å². The first kappa shape index (κ1) is 20.2. The van der Waals surface area contributed by atoms with Gasteiger partial charge < -0.3 is 9.64 Å². The monoisotopic (exact) mass is 413 g/mol. The van der Waals surface area contributed by atoms with Crippen molar-refractivity contribution in [3.63, 3.8) is 0 Å².